The summed E-state index contributed by atoms with van der Waals surface area (Å²) in [5.74, 6) is 0.943. The lowest BCUT2D eigenvalue weighted by atomic mass is 10.1. The Morgan fingerprint density at radius 2 is 2.24 bits per heavy atom. The first-order valence-electron chi connectivity index (χ1n) is 5.65. The van der Waals surface area contributed by atoms with E-state index < -0.39 is 6.10 Å². The van der Waals surface area contributed by atoms with Gasteiger partial charge in [-0.1, -0.05) is 13.0 Å². The summed E-state index contributed by atoms with van der Waals surface area (Å²) in [4.78, 5) is 2.92. The Balaban J connectivity index is 3.07. The number of aliphatic hydroxyl groups excluding tert-OH is 1. The Bertz CT molecular complexity index is 412. The molecule has 1 N–H and O–H groups in total. The van der Waals surface area contributed by atoms with E-state index in [1.54, 1.807) is 18.7 Å². The fraction of sp³-hybridized carbons (Fsp3) is 0.462. The molecule has 4 heteroatoms. The van der Waals surface area contributed by atoms with E-state index in [1.807, 2.05) is 30.1 Å². The van der Waals surface area contributed by atoms with Gasteiger partial charge in [-0.3, -0.25) is 0 Å². The molecule has 0 spiro atoms. The SMILES string of the molecule is CCSc1cccc(N(C)CC(C)O)c1C#N. The average molecular weight is 250 g/mol. The Morgan fingerprint density at radius 3 is 2.76 bits per heavy atom. The van der Waals surface area contributed by atoms with Gasteiger partial charge in [-0.05, 0) is 24.8 Å². The zero-order valence-corrected chi connectivity index (χ0v) is 11.3. The maximum absolute atomic E-state index is 9.39. The topological polar surface area (TPSA) is 47.3 Å². The summed E-state index contributed by atoms with van der Waals surface area (Å²) in [5, 5.41) is 18.6. The number of nitrogens with zero attached hydrogens (tertiary/aromatic N) is 2. The van der Waals surface area contributed by atoms with Gasteiger partial charge in [0, 0.05) is 18.5 Å². The van der Waals surface area contributed by atoms with Crippen LogP contribution in [0.5, 0.6) is 0 Å². The van der Waals surface area contributed by atoms with Crippen LogP contribution in [0.15, 0.2) is 23.1 Å². The summed E-state index contributed by atoms with van der Waals surface area (Å²) in [6.07, 6.45) is -0.408. The van der Waals surface area contributed by atoms with Crippen LogP contribution in [0.3, 0.4) is 0 Å². The van der Waals surface area contributed by atoms with Crippen molar-refractivity contribution in [1.29, 1.82) is 5.26 Å². The van der Waals surface area contributed by atoms with E-state index in [2.05, 4.69) is 13.0 Å². The van der Waals surface area contributed by atoms with Crippen LogP contribution in [0.25, 0.3) is 0 Å². The second-order valence-electron chi connectivity index (χ2n) is 3.92. The first-order chi connectivity index (χ1) is 8.10. The summed E-state index contributed by atoms with van der Waals surface area (Å²) in [6.45, 7) is 4.33. The largest absolute Gasteiger partial charge is 0.392 e. The van der Waals surface area contributed by atoms with E-state index in [-0.39, 0.29) is 0 Å². The average Bonchev–Trinajstić information content (AvgIpc) is 2.28. The third-order valence-electron chi connectivity index (χ3n) is 2.37. The highest BCUT2D eigenvalue weighted by Gasteiger charge is 2.12. The lowest BCUT2D eigenvalue weighted by Crippen LogP contribution is -2.27. The van der Waals surface area contributed by atoms with Gasteiger partial charge in [0.1, 0.15) is 6.07 Å². The van der Waals surface area contributed by atoms with Crippen molar-refractivity contribution in [2.75, 3.05) is 24.2 Å². The molecule has 3 nitrogen and oxygen atoms in total. The number of anilines is 1. The van der Waals surface area contributed by atoms with Gasteiger partial charge in [-0.15, -0.1) is 11.8 Å². The maximum Gasteiger partial charge on any atom is 0.103 e. The molecule has 0 radical (unpaired) electrons. The zero-order chi connectivity index (χ0) is 12.8. The molecule has 1 aromatic carbocycles. The molecule has 0 saturated heterocycles. The van der Waals surface area contributed by atoms with Crippen LogP contribution >= 0.6 is 11.8 Å². The lowest BCUT2D eigenvalue weighted by Gasteiger charge is -2.22. The van der Waals surface area contributed by atoms with Crippen LogP contribution in [-0.2, 0) is 0 Å². The number of rotatable bonds is 5. The number of hydrogen-bond donors (Lipinski definition) is 1. The Labute approximate surface area is 107 Å². The highest BCUT2D eigenvalue weighted by atomic mass is 32.2. The van der Waals surface area contributed by atoms with Crippen molar-refractivity contribution in [3.63, 3.8) is 0 Å². The number of aliphatic hydroxyl groups is 1. The Hall–Kier alpha value is -1.18. The molecule has 0 fully saturated rings. The van der Waals surface area contributed by atoms with Gasteiger partial charge in [0.2, 0.25) is 0 Å². The van der Waals surface area contributed by atoms with Gasteiger partial charge in [0.15, 0.2) is 0 Å². The number of thioether (sulfide) groups is 1. The van der Waals surface area contributed by atoms with E-state index in [4.69, 9.17) is 0 Å². The smallest absolute Gasteiger partial charge is 0.103 e. The van der Waals surface area contributed by atoms with E-state index >= 15 is 0 Å². The van der Waals surface area contributed by atoms with Crippen LogP contribution in [0.1, 0.15) is 19.4 Å². The van der Waals surface area contributed by atoms with Crippen molar-refractivity contribution >= 4 is 17.4 Å². The molecule has 17 heavy (non-hydrogen) atoms. The molecule has 1 aromatic rings. The summed E-state index contributed by atoms with van der Waals surface area (Å²) >= 11 is 1.67. The highest BCUT2D eigenvalue weighted by molar-refractivity contribution is 7.99. The minimum Gasteiger partial charge on any atom is -0.392 e. The standard InChI is InChI=1S/C13H18N2OS/c1-4-17-13-7-5-6-12(11(13)8-14)15(3)9-10(2)16/h5-7,10,16H,4,9H2,1-3H3. The highest BCUT2D eigenvalue weighted by Crippen LogP contribution is 2.29. The Morgan fingerprint density at radius 1 is 1.53 bits per heavy atom. The van der Waals surface area contributed by atoms with Crippen molar-refractivity contribution < 1.29 is 5.11 Å². The summed E-state index contributed by atoms with van der Waals surface area (Å²) in [6, 6.07) is 8.09. The second kappa shape index (κ2) is 6.53. The van der Waals surface area contributed by atoms with Crippen LogP contribution in [0.4, 0.5) is 5.69 Å². The minimum atomic E-state index is -0.408. The summed E-state index contributed by atoms with van der Waals surface area (Å²) in [5.41, 5.74) is 1.58. The van der Waals surface area contributed by atoms with E-state index in [1.165, 1.54) is 0 Å². The monoisotopic (exact) mass is 250 g/mol. The third-order valence-corrected chi connectivity index (χ3v) is 3.31. The predicted octanol–water partition coefficient (Wildman–Crippen LogP) is 2.49. The molecule has 0 bridgehead atoms. The van der Waals surface area contributed by atoms with Gasteiger partial charge in [-0.2, -0.15) is 5.26 Å². The van der Waals surface area contributed by atoms with Gasteiger partial charge in [0.25, 0.3) is 0 Å². The van der Waals surface area contributed by atoms with E-state index in [0.29, 0.717) is 12.1 Å². The summed E-state index contributed by atoms with van der Waals surface area (Å²) in [7, 11) is 1.89. The fourth-order valence-electron chi connectivity index (χ4n) is 1.72. The van der Waals surface area contributed by atoms with E-state index in [0.717, 1.165) is 16.3 Å². The molecule has 0 aliphatic carbocycles. The maximum atomic E-state index is 9.39. The fourth-order valence-corrected chi connectivity index (χ4v) is 2.50. The zero-order valence-electron chi connectivity index (χ0n) is 10.5. The molecule has 0 amide bonds. The number of hydrogen-bond acceptors (Lipinski definition) is 4. The van der Waals surface area contributed by atoms with Crippen molar-refractivity contribution in [2.24, 2.45) is 0 Å². The van der Waals surface area contributed by atoms with E-state index in [9.17, 15) is 10.4 Å². The first kappa shape index (κ1) is 13.9. The molecule has 0 aliphatic heterocycles. The molecule has 92 valence electrons. The Kier molecular flexibility index (Phi) is 5.33. The summed E-state index contributed by atoms with van der Waals surface area (Å²) < 4.78 is 0. The minimum absolute atomic E-state index is 0.408. The van der Waals surface area contributed by atoms with Gasteiger partial charge < -0.3 is 10.0 Å². The molecule has 0 heterocycles. The molecule has 1 rings (SSSR count). The second-order valence-corrected chi connectivity index (χ2v) is 5.23. The van der Waals surface area contributed by atoms with Gasteiger partial charge in [0.05, 0.1) is 17.4 Å². The van der Waals surface area contributed by atoms with Crippen LogP contribution < -0.4 is 4.90 Å². The van der Waals surface area contributed by atoms with Gasteiger partial charge >= 0.3 is 0 Å². The number of nitriles is 1. The van der Waals surface area contributed by atoms with Crippen molar-refractivity contribution in [3.05, 3.63) is 23.8 Å². The molecular weight excluding hydrogens is 232 g/mol. The molecule has 1 atom stereocenters. The number of benzene rings is 1. The quantitative estimate of drug-likeness (QED) is 0.816. The van der Waals surface area contributed by atoms with Crippen molar-refractivity contribution in [3.8, 4) is 6.07 Å². The predicted molar refractivity (Wildman–Crippen MR) is 72.5 cm³/mol. The third kappa shape index (κ3) is 3.65. The van der Waals surface area contributed by atoms with Crippen LogP contribution in [0, 0.1) is 11.3 Å². The van der Waals surface area contributed by atoms with Gasteiger partial charge in [-0.25, -0.2) is 0 Å². The molecule has 0 aromatic heterocycles. The normalized spacial score (nSPS) is 11.9. The lowest BCUT2D eigenvalue weighted by molar-refractivity contribution is 0.201. The molecule has 0 aliphatic rings. The molecule has 0 saturated carbocycles. The molecular formula is C13H18N2OS. The first-order valence-corrected chi connectivity index (χ1v) is 6.63. The van der Waals surface area contributed by atoms with Crippen LogP contribution in [0.2, 0.25) is 0 Å². The van der Waals surface area contributed by atoms with Crippen LogP contribution in [-0.4, -0.2) is 30.6 Å². The molecule has 1 unspecified atom stereocenters. The number of likely N-dealkylation sites (N-methyl/N-ethyl adjacent to an activating group) is 1. The van der Waals surface area contributed by atoms with Crippen molar-refractivity contribution in [2.45, 2.75) is 24.8 Å². The van der Waals surface area contributed by atoms with Crippen molar-refractivity contribution in [1.82, 2.24) is 0 Å².